The molecule has 10 rings (SSSR count). The van der Waals surface area contributed by atoms with Gasteiger partial charge in [-0.15, -0.1) is 0 Å². The van der Waals surface area contributed by atoms with Gasteiger partial charge in [0.25, 0.3) is 0 Å². The van der Waals surface area contributed by atoms with Crippen molar-refractivity contribution < 1.29 is 9.15 Å². The van der Waals surface area contributed by atoms with E-state index < -0.39 is 5.41 Å². The van der Waals surface area contributed by atoms with Crippen molar-refractivity contribution >= 4 is 33.3 Å². The van der Waals surface area contributed by atoms with Crippen LogP contribution >= 0.6 is 0 Å². The Kier molecular flexibility index (Phi) is 5.20. The molecule has 46 heavy (non-hydrogen) atoms. The molecule has 3 heteroatoms. The Morgan fingerprint density at radius 2 is 1.15 bits per heavy atom. The van der Waals surface area contributed by atoms with E-state index in [0.29, 0.717) is 0 Å². The van der Waals surface area contributed by atoms with Gasteiger partial charge in [0.05, 0.1) is 16.5 Å². The van der Waals surface area contributed by atoms with Crippen LogP contribution in [0.25, 0.3) is 44.2 Å². The summed E-state index contributed by atoms with van der Waals surface area (Å²) in [6, 6.07) is 55.9. The van der Waals surface area contributed by atoms with Crippen LogP contribution in [-0.4, -0.2) is 0 Å². The van der Waals surface area contributed by atoms with Crippen molar-refractivity contribution in [2.24, 2.45) is 0 Å². The fraction of sp³-hybridized carbons (Fsp3) is 0.0233. The molecule has 0 bridgehead atoms. The molecule has 0 saturated carbocycles. The number of para-hydroxylation sites is 3. The quantitative estimate of drug-likeness (QED) is 0.223. The zero-order valence-electron chi connectivity index (χ0n) is 24.8. The van der Waals surface area contributed by atoms with E-state index in [1.165, 1.54) is 33.4 Å². The van der Waals surface area contributed by atoms with Gasteiger partial charge >= 0.3 is 0 Å². The first-order valence-corrected chi connectivity index (χ1v) is 15.7. The molecule has 0 fully saturated rings. The Morgan fingerprint density at radius 3 is 1.98 bits per heavy atom. The molecule has 216 valence electrons. The minimum atomic E-state index is -0.528. The molecule has 0 amide bonds. The van der Waals surface area contributed by atoms with Crippen molar-refractivity contribution in [2.45, 2.75) is 5.41 Å². The Bertz CT molecular complexity index is 2440. The number of ether oxygens (including phenoxy) is 1. The topological polar surface area (TPSA) is 34.4 Å². The molecule has 1 aliphatic heterocycles. The molecular formula is C43H27NO2. The van der Waals surface area contributed by atoms with E-state index >= 15 is 0 Å². The SMILES string of the molecule is c1ccc(-c2cccc3c2-c2cc(Nc4cccc5oc6ccccc6c45)ccc2C32c3ccccc3Oc3ccccc32)cc1. The first-order chi connectivity index (χ1) is 22.8. The van der Waals surface area contributed by atoms with E-state index in [1.807, 2.05) is 24.3 Å². The van der Waals surface area contributed by atoms with E-state index in [9.17, 15) is 0 Å². The molecular weight excluding hydrogens is 562 g/mol. The van der Waals surface area contributed by atoms with Crippen molar-refractivity contribution in [3.05, 3.63) is 180 Å². The number of hydrogen-bond acceptors (Lipinski definition) is 3. The Balaban J connectivity index is 1.26. The average Bonchev–Trinajstić information content (AvgIpc) is 3.63. The number of benzene rings is 7. The fourth-order valence-corrected chi connectivity index (χ4v) is 7.92. The first kappa shape index (κ1) is 25.3. The largest absolute Gasteiger partial charge is 0.457 e. The molecule has 8 aromatic rings. The maximum Gasteiger partial charge on any atom is 0.137 e. The normalized spacial score (nSPS) is 13.6. The minimum absolute atomic E-state index is 0.528. The van der Waals surface area contributed by atoms with Crippen LogP contribution in [0.2, 0.25) is 0 Å². The van der Waals surface area contributed by atoms with Crippen LogP contribution in [0.4, 0.5) is 11.4 Å². The van der Waals surface area contributed by atoms with Gasteiger partial charge in [0, 0.05) is 22.2 Å². The Labute approximate surface area is 266 Å². The van der Waals surface area contributed by atoms with Gasteiger partial charge in [-0.2, -0.15) is 0 Å². The molecule has 2 heterocycles. The molecule has 0 saturated heterocycles. The lowest BCUT2D eigenvalue weighted by Crippen LogP contribution is -2.32. The van der Waals surface area contributed by atoms with Crippen molar-refractivity contribution in [1.29, 1.82) is 0 Å². The zero-order valence-corrected chi connectivity index (χ0v) is 24.8. The standard InChI is InChI=1S/C43H27NO2/c1-2-12-27(13-3-1)29-15-10-18-35-41(29)31-26-28(44-36-19-11-23-40-42(36)30-14-4-7-20-37(30)45-40)24-25-32(31)43(35)33-16-5-8-21-38(33)46-39-22-9-6-17-34(39)43/h1-26,44H. The van der Waals surface area contributed by atoms with Gasteiger partial charge in [-0.25, -0.2) is 0 Å². The molecule has 1 aliphatic carbocycles. The number of hydrogen-bond donors (Lipinski definition) is 1. The summed E-state index contributed by atoms with van der Waals surface area (Å²) in [5.74, 6) is 1.79. The smallest absolute Gasteiger partial charge is 0.137 e. The fourth-order valence-electron chi connectivity index (χ4n) is 7.92. The van der Waals surface area contributed by atoms with Crippen molar-refractivity contribution in [3.8, 4) is 33.8 Å². The summed E-state index contributed by atoms with van der Waals surface area (Å²) in [5, 5.41) is 5.98. The van der Waals surface area contributed by atoms with E-state index in [2.05, 4.69) is 139 Å². The summed E-state index contributed by atoms with van der Waals surface area (Å²) in [4.78, 5) is 0. The number of rotatable bonds is 3. The van der Waals surface area contributed by atoms with Gasteiger partial charge in [0.2, 0.25) is 0 Å². The highest BCUT2D eigenvalue weighted by Crippen LogP contribution is 2.63. The van der Waals surface area contributed by atoms with E-state index in [1.54, 1.807) is 0 Å². The second-order valence-electron chi connectivity index (χ2n) is 12.1. The predicted molar refractivity (Wildman–Crippen MR) is 186 cm³/mol. The third-order valence-electron chi connectivity index (χ3n) is 9.73. The maximum atomic E-state index is 6.56. The highest BCUT2D eigenvalue weighted by Gasteiger charge is 2.51. The molecule has 1 aromatic heterocycles. The van der Waals surface area contributed by atoms with Gasteiger partial charge in [-0.1, -0.05) is 115 Å². The van der Waals surface area contributed by atoms with E-state index in [4.69, 9.17) is 9.15 Å². The first-order valence-electron chi connectivity index (χ1n) is 15.7. The van der Waals surface area contributed by atoms with Crippen LogP contribution in [0, 0.1) is 0 Å². The third kappa shape index (κ3) is 3.37. The summed E-state index contributed by atoms with van der Waals surface area (Å²) < 4.78 is 12.8. The lowest BCUT2D eigenvalue weighted by atomic mass is 9.66. The predicted octanol–water partition coefficient (Wildman–Crippen LogP) is 11.5. The van der Waals surface area contributed by atoms with Crippen molar-refractivity contribution in [2.75, 3.05) is 5.32 Å². The van der Waals surface area contributed by atoms with Gasteiger partial charge in [-0.3, -0.25) is 0 Å². The van der Waals surface area contributed by atoms with Gasteiger partial charge in [0.1, 0.15) is 22.7 Å². The number of fused-ring (bicyclic) bond motifs is 12. The Hall–Kier alpha value is -6.06. The second-order valence-corrected chi connectivity index (χ2v) is 12.1. The maximum absolute atomic E-state index is 6.56. The molecule has 2 aliphatic rings. The molecule has 3 nitrogen and oxygen atoms in total. The third-order valence-corrected chi connectivity index (χ3v) is 9.73. The van der Waals surface area contributed by atoms with Gasteiger partial charge < -0.3 is 14.5 Å². The van der Waals surface area contributed by atoms with Crippen LogP contribution in [0.5, 0.6) is 11.5 Å². The second kappa shape index (κ2) is 9.47. The lowest BCUT2D eigenvalue weighted by Gasteiger charge is -2.39. The highest BCUT2D eigenvalue weighted by atomic mass is 16.5. The van der Waals surface area contributed by atoms with Crippen LogP contribution < -0.4 is 10.1 Å². The average molecular weight is 590 g/mol. The van der Waals surface area contributed by atoms with Crippen LogP contribution in [0.15, 0.2) is 162 Å². The van der Waals surface area contributed by atoms with E-state index in [0.717, 1.165) is 55.9 Å². The zero-order chi connectivity index (χ0) is 30.2. The molecule has 0 unspecified atom stereocenters. The number of anilines is 2. The van der Waals surface area contributed by atoms with E-state index in [-0.39, 0.29) is 0 Å². The van der Waals surface area contributed by atoms with Crippen molar-refractivity contribution in [1.82, 2.24) is 0 Å². The molecule has 7 aromatic carbocycles. The minimum Gasteiger partial charge on any atom is -0.457 e. The Morgan fingerprint density at radius 1 is 0.478 bits per heavy atom. The lowest BCUT2D eigenvalue weighted by molar-refractivity contribution is 0.436. The molecule has 0 radical (unpaired) electrons. The summed E-state index contributed by atoms with van der Waals surface area (Å²) in [7, 11) is 0. The van der Waals surface area contributed by atoms with Crippen molar-refractivity contribution in [3.63, 3.8) is 0 Å². The molecule has 1 spiro atoms. The summed E-state index contributed by atoms with van der Waals surface area (Å²) in [5.41, 5.74) is 13.0. The van der Waals surface area contributed by atoms with Gasteiger partial charge in [-0.05, 0) is 75.8 Å². The monoisotopic (exact) mass is 589 g/mol. The van der Waals surface area contributed by atoms with Crippen LogP contribution in [-0.2, 0) is 5.41 Å². The molecule has 1 N–H and O–H groups in total. The number of furan rings is 1. The summed E-state index contributed by atoms with van der Waals surface area (Å²) >= 11 is 0. The van der Waals surface area contributed by atoms with Crippen LogP contribution in [0.3, 0.4) is 0 Å². The summed E-state index contributed by atoms with van der Waals surface area (Å²) in [6.45, 7) is 0. The van der Waals surface area contributed by atoms with Gasteiger partial charge in [0.15, 0.2) is 0 Å². The van der Waals surface area contributed by atoms with Crippen LogP contribution in [0.1, 0.15) is 22.3 Å². The number of nitrogens with one attached hydrogen (secondary N) is 1. The summed E-state index contributed by atoms with van der Waals surface area (Å²) in [6.07, 6.45) is 0. The highest BCUT2D eigenvalue weighted by molar-refractivity contribution is 6.12. The molecule has 0 atom stereocenters.